The highest BCUT2D eigenvalue weighted by atomic mass is 16.5. The molecule has 1 heterocycles. The molecule has 6 nitrogen and oxygen atoms in total. The summed E-state index contributed by atoms with van der Waals surface area (Å²) in [5, 5.41) is 3.11. The van der Waals surface area contributed by atoms with Crippen molar-refractivity contribution in [2.45, 2.75) is 51.0 Å². The summed E-state index contributed by atoms with van der Waals surface area (Å²) in [6.45, 7) is 4.55. The molecule has 2 aliphatic carbocycles. The fraction of sp³-hybridized carbons (Fsp3) is 0.895. The molecule has 3 aliphatic rings. The number of nitrogens with zero attached hydrogens (tertiary/aromatic N) is 2. The van der Waals surface area contributed by atoms with E-state index in [9.17, 15) is 9.59 Å². The van der Waals surface area contributed by atoms with Crippen LogP contribution in [0.25, 0.3) is 0 Å². The first-order valence-electron chi connectivity index (χ1n) is 10.00. The van der Waals surface area contributed by atoms with Gasteiger partial charge in [-0.05, 0) is 38.0 Å². The quantitative estimate of drug-likeness (QED) is 0.669. The van der Waals surface area contributed by atoms with E-state index in [0.29, 0.717) is 30.9 Å². The maximum absolute atomic E-state index is 12.9. The highest BCUT2D eigenvalue weighted by Crippen LogP contribution is 2.33. The van der Waals surface area contributed by atoms with Crippen LogP contribution < -0.4 is 5.32 Å². The van der Waals surface area contributed by atoms with E-state index in [-0.39, 0.29) is 11.9 Å². The molecular formula is C19H33N3O3. The number of ether oxygens (including phenoxy) is 1. The molecule has 6 heteroatoms. The summed E-state index contributed by atoms with van der Waals surface area (Å²) in [5.74, 6) is 1.26. The van der Waals surface area contributed by atoms with Gasteiger partial charge in [-0.1, -0.05) is 12.8 Å². The predicted octanol–water partition coefficient (Wildman–Crippen LogP) is 1.25. The van der Waals surface area contributed by atoms with Crippen molar-refractivity contribution in [1.82, 2.24) is 15.1 Å². The van der Waals surface area contributed by atoms with Gasteiger partial charge < -0.3 is 15.0 Å². The molecule has 3 rings (SSSR count). The molecule has 0 spiro atoms. The SMILES string of the molecule is COCCCNC(=O)[C@H](C1CCCC1)N1CCN(C(=O)C2CC2)CC1. The normalized spacial score (nSPS) is 23.6. The second-order valence-corrected chi connectivity index (χ2v) is 7.76. The Labute approximate surface area is 151 Å². The Balaban J connectivity index is 1.53. The molecular weight excluding hydrogens is 318 g/mol. The summed E-state index contributed by atoms with van der Waals surface area (Å²) < 4.78 is 5.06. The van der Waals surface area contributed by atoms with Gasteiger partial charge in [0.2, 0.25) is 11.8 Å². The highest BCUT2D eigenvalue weighted by molar-refractivity contribution is 5.82. The Morgan fingerprint density at radius 3 is 2.36 bits per heavy atom. The Morgan fingerprint density at radius 1 is 1.08 bits per heavy atom. The van der Waals surface area contributed by atoms with Gasteiger partial charge in [-0.15, -0.1) is 0 Å². The van der Waals surface area contributed by atoms with Gasteiger partial charge in [0.15, 0.2) is 0 Å². The lowest BCUT2D eigenvalue weighted by Gasteiger charge is -2.40. The summed E-state index contributed by atoms with van der Waals surface area (Å²) in [5.41, 5.74) is 0. The van der Waals surface area contributed by atoms with E-state index >= 15 is 0 Å². The Morgan fingerprint density at radius 2 is 1.76 bits per heavy atom. The maximum atomic E-state index is 12.9. The number of hydrogen-bond donors (Lipinski definition) is 1. The topological polar surface area (TPSA) is 61.9 Å². The van der Waals surface area contributed by atoms with Gasteiger partial charge in [0.1, 0.15) is 0 Å². The second kappa shape index (κ2) is 8.99. The van der Waals surface area contributed by atoms with E-state index in [1.165, 1.54) is 12.8 Å². The van der Waals surface area contributed by atoms with Crippen molar-refractivity contribution >= 4 is 11.8 Å². The van der Waals surface area contributed by atoms with Crippen molar-refractivity contribution < 1.29 is 14.3 Å². The van der Waals surface area contributed by atoms with Gasteiger partial charge in [-0.3, -0.25) is 14.5 Å². The molecule has 1 atom stereocenters. The lowest BCUT2D eigenvalue weighted by Crippen LogP contribution is -2.58. The van der Waals surface area contributed by atoms with Crippen molar-refractivity contribution in [2.75, 3.05) is 46.4 Å². The van der Waals surface area contributed by atoms with Crippen LogP contribution in [-0.2, 0) is 14.3 Å². The van der Waals surface area contributed by atoms with E-state index in [1.807, 2.05) is 4.90 Å². The summed E-state index contributed by atoms with van der Waals surface area (Å²) in [6, 6.07) is -0.0248. The highest BCUT2D eigenvalue weighted by Gasteiger charge is 2.39. The number of hydrogen-bond acceptors (Lipinski definition) is 4. The van der Waals surface area contributed by atoms with Crippen LogP contribution in [0.2, 0.25) is 0 Å². The third-order valence-corrected chi connectivity index (χ3v) is 5.89. The van der Waals surface area contributed by atoms with Crippen LogP contribution in [0.3, 0.4) is 0 Å². The average molecular weight is 351 g/mol. The zero-order valence-corrected chi connectivity index (χ0v) is 15.5. The van der Waals surface area contributed by atoms with Gasteiger partial charge in [-0.25, -0.2) is 0 Å². The van der Waals surface area contributed by atoms with Gasteiger partial charge in [0.25, 0.3) is 0 Å². The molecule has 0 unspecified atom stereocenters. The summed E-state index contributed by atoms with van der Waals surface area (Å²) >= 11 is 0. The molecule has 2 saturated carbocycles. The van der Waals surface area contributed by atoms with Crippen LogP contribution in [0.5, 0.6) is 0 Å². The van der Waals surface area contributed by atoms with E-state index in [0.717, 1.165) is 58.3 Å². The number of piperazine rings is 1. The lowest BCUT2D eigenvalue weighted by atomic mass is 9.95. The lowest BCUT2D eigenvalue weighted by molar-refractivity contribution is -0.136. The first-order valence-corrected chi connectivity index (χ1v) is 10.00. The predicted molar refractivity (Wildman–Crippen MR) is 96.1 cm³/mol. The average Bonchev–Trinajstić information content (AvgIpc) is 3.35. The van der Waals surface area contributed by atoms with Gasteiger partial charge in [0, 0.05) is 52.4 Å². The molecule has 0 bridgehead atoms. The zero-order chi connectivity index (χ0) is 17.6. The number of rotatable bonds is 8. The fourth-order valence-electron chi connectivity index (χ4n) is 4.29. The van der Waals surface area contributed by atoms with Crippen molar-refractivity contribution in [3.8, 4) is 0 Å². The molecule has 142 valence electrons. The van der Waals surface area contributed by atoms with Crippen LogP contribution in [0.4, 0.5) is 0 Å². The largest absolute Gasteiger partial charge is 0.385 e. The number of methoxy groups -OCH3 is 1. The molecule has 2 amide bonds. The smallest absolute Gasteiger partial charge is 0.237 e. The molecule has 1 N–H and O–H groups in total. The standard InChI is InChI=1S/C19H33N3O3/c1-25-14-4-9-20-18(23)17(15-5-2-3-6-15)21-10-12-22(13-11-21)19(24)16-7-8-16/h15-17H,2-14H2,1H3,(H,20,23)/t17-/m0/s1. The third kappa shape index (κ3) is 4.94. The summed E-state index contributed by atoms with van der Waals surface area (Å²) in [7, 11) is 1.69. The van der Waals surface area contributed by atoms with E-state index in [4.69, 9.17) is 4.74 Å². The monoisotopic (exact) mass is 351 g/mol. The number of amides is 2. The van der Waals surface area contributed by atoms with Gasteiger partial charge >= 0.3 is 0 Å². The Bertz CT molecular complexity index is 453. The Kier molecular flexibility index (Phi) is 6.70. The molecule has 1 saturated heterocycles. The third-order valence-electron chi connectivity index (χ3n) is 5.89. The van der Waals surface area contributed by atoms with E-state index < -0.39 is 0 Å². The van der Waals surface area contributed by atoms with Crippen molar-refractivity contribution in [1.29, 1.82) is 0 Å². The summed E-state index contributed by atoms with van der Waals surface area (Å²) in [6.07, 6.45) is 7.75. The van der Waals surface area contributed by atoms with Crippen molar-refractivity contribution in [3.05, 3.63) is 0 Å². The zero-order valence-electron chi connectivity index (χ0n) is 15.5. The Hall–Kier alpha value is -1.14. The van der Waals surface area contributed by atoms with E-state index in [2.05, 4.69) is 10.2 Å². The minimum absolute atomic E-state index is 0.0248. The maximum Gasteiger partial charge on any atom is 0.237 e. The molecule has 0 aromatic carbocycles. The first-order chi connectivity index (χ1) is 12.2. The van der Waals surface area contributed by atoms with Crippen LogP contribution >= 0.6 is 0 Å². The van der Waals surface area contributed by atoms with Crippen LogP contribution in [0.15, 0.2) is 0 Å². The van der Waals surface area contributed by atoms with Crippen LogP contribution in [0.1, 0.15) is 44.9 Å². The molecule has 0 radical (unpaired) electrons. The molecule has 1 aliphatic heterocycles. The number of carbonyl (C=O) groups is 2. The minimum Gasteiger partial charge on any atom is -0.385 e. The van der Waals surface area contributed by atoms with Gasteiger partial charge in [-0.2, -0.15) is 0 Å². The minimum atomic E-state index is -0.0248. The van der Waals surface area contributed by atoms with Gasteiger partial charge in [0.05, 0.1) is 6.04 Å². The molecule has 25 heavy (non-hydrogen) atoms. The molecule has 0 aromatic rings. The first kappa shape index (κ1) is 18.6. The second-order valence-electron chi connectivity index (χ2n) is 7.76. The van der Waals surface area contributed by atoms with Crippen molar-refractivity contribution in [3.63, 3.8) is 0 Å². The number of carbonyl (C=O) groups excluding carboxylic acids is 2. The van der Waals surface area contributed by atoms with Crippen LogP contribution in [-0.4, -0.2) is 74.1 Å². The molecule has 0 aromatic heterocycles. The van der Waals surface area contributed by atoms with E-state index in [1.54, 1.807) is 7.11 Å². The van der Waals surface area contributed by atoms with Crippen molar-refractivity contribution in [2.24, 2.45) is 11.8 Å². The molecule has 3 fully saturated rings. The van der Waals surface area contributed by atoms with Crippen LogP contribution in [0, 0.1) is 11.8 Å². The number of nitrogens with one attached hydrogen (secondary N) is 1. The summed E-state index contributed by atoms with van der Waals surface area (Å²) in [4.78, 5) is 29.4. The fourth-order valence-corrected chi connectivity index (χ4v) is 4.29.